The number of anilines is 2. The number of nitrogens with zero attached hydrogens (tertiary/aromatic N) is 4. The summed E-state index contributed by atoms with van der Waals surface area (Å²) in [6, 6.07) is 5.33. The number of aromatic amines is 1. The van der Waals surface area contributed by atoms with Crippen molar-refractivity contribution in [1.82, 2.24) is 19.9 Å². The van der Waals surface area contributed by atoms with Crippen LogP contribution >= 0.6 is 0 Å². The summed E-state index contributed by atoms with van der Waals surface area (Å²) >= 11 is 0. The first-order chi connectivity index (χ1) is 13.7. The number of aromatic nitrogens is 4. The number of carbonyl (C=O) groups is 1. The van der Waals surface area contributed by atoms with Gasteiger partial charge < -0.3 is 24.7 Å². The van der Waals surface area contributed by atoms with E-state index in [2.05, 4.69) is 30.2 Å². The first kappa shape index (κ1) is 18.0. The fraction of sp³-hybridized carbons (Fsp3) is 0.368. The van der Waals surface area contributed by atoms with Crippen LogP contribution in [0.5, 0.6) is 11.5 Å². The maximum atomic E-state index is 12.9. The number of hydrogen-bond acceptors (Lipinski definition) is 7. The third-order valence-corrected chi connectivity index (χ3v) is 4.96. The van der Waals surface area contributed by atoms with Gasteiger partial charge in [0.1, 0.15) is 23.3 Å². The molecule has 9 nitrogen and oxygen atoms in total. The van der Waals surface area contributed by atoms with Gasteiger partial charge in [0.2, 0.25) is 5.91 Å². The number of fused-ring (bicyclic) bond motifs is 1. The third-order valence-electron chi connectivity index (χ3n) is 4.96. The van der Waals surface area contributed by atoms with Crippen LogP contribution in [0.25, 0.3) is 11.2 Å². The minimum absolute atomic E-state index is 0.0388. The van der Waals surface area contributed by atoms with E-state index in [4.69, 9.17) is 9.47 Å². The lowest BCUT2D eigenvalue weighted by Gasteiger charge is -2.33. The second-order valence-corrected chi connectivity index (χ2v) is 6.64. The van der Waals surface area contributed by atoms with Gasteiger partial charge in [-0.05, 0) is 25.0 Å². The third kappa shape index (κ3) is 3.42. The zero-order valence-corrected chi connectivity index (χ0v) is 15.8. The molecule has 1 fully saturated rings. The van der Waals surface area contributed by atoms with E-state index in [0.717, 1.165) is 30.7 Å². The largest absolute Gasteiger partial charge is 0.497 e. The van der Waals surface area contributed by atoms with E-state index >= 15 is 0 Å². The zero-order chi connectivity index (χ0) is 19.5. The number of benzene rings is 1. The van der Waals surface area contributed by atoms with Gasteiger partial charge in [0, 0.05) is 19.2 Å². The van der Waals surface area contributed by atoms with Gasteiger partial charge in [0.25, 0.3) is 0 Å². The maximum Gasteiger partial charge on any atom is 0.229 e. The van der Waals surface area contributed by atoms with E-state index in [0.29, 0.717) is 29.4 Å². The Kier molecular flexibility index (Phi) is 4.96. The molecule has 1 aliphatic rings. The molecule has 1 amide bonds. The summed E-state index contributed by atoms with van der Waals surface area (Å²) in [7, 11) is 3.16. The number of ether oxygens (including phenoxy) is 2. The zero-order valence-electron chi connectivity index (χ0n) is 15.8. The molecule has 0 saturated carbocycles. The normalized spacial score (nSPS) is 16.8. The fourth-order valence-electron chi connectivity index (χ4n) is 3.51. The molecule has 2 aromatic heterocycles. The second kappa shape index (κ2) is 7.71. The Hall–Kier alpha value is -3.36. The van der Waals surface area contributed by atoms with Crippen LogP contribution in [0.1, 0.15) is 12.8 Å². The monoisotopic (exact) mass is 382 g/mol. The number of carbonyl (C=O) groups excluding carboxylic acids is 1. The SMILES string of the molecule is COc1ccc(NC(=O)C2CCCN(c3ncnc4nc[nH]c34)C2)c(OC)c1. The molecule has 0 spiro atoms. The van der Waals surface area contributed by atoms with Crippen molar-refractivity contribution in [2.45, 2.75) is 12.8 Å². The first-order valence-corrected chi connectivity index (χ1v) is 9.11. The Bertz CT molecular complexity index is 989. The number of hydrogen-bond donors (Lipinski definition) is 2. The van der Waals surface area contributed by atoms with Crippen molar-refractivity contribution in [2.75, 3.05) is 37.5 Å². The summed E-state index contributed by atoms with van der Waals surface area (Å²) in [5.41, 5.74) is 2.04. The van der Waals surface area contributed by atoms with Crippen molar-refractivity contribution >= 4 is 28.6 Å². The highest BCUT2D eigenvalue weighted by Gasteiger charge is 2.28. The fourth-order valence-corrected chi connectivity index (χ4v) is 3.51. The standard InChI is InChI=1S/C19H22N6O3/c1-27-13-5-6-14(15(8-13)28-2)24-19(26)12-4-3-7-25(9-12)18-16-17(21-10-20-16)22-11-23-18/h5-6,8,10-12H,3-4,7,9H2,1-2H3,(H,24,26)(H,20,21,22,23). The summed E-state index contributed by atoms with van der Waals surface area (Å²) in [6.07, 6.45) is 4.83. The highest BCUT2D eigenvalue weighted by molar-refractivity contribution is 5.95. The molecule has 1 aromatic carbocycles. The van der Waals surface area contributed by atoms with Crippen LogP contribution in [-0.2, 0) is 4.79 Å². The summed E-state index contributed by atoms with van der Waals surface area (Å²) in [4.78, 5) is 30.8. The molecule has 1 aliphatic heterocycles. The van der Waals surface area contributed by atoms with Crippen molar-refractivity contribution in [3.05, 3.63) is 30.9 Å². The number of imidazole rings is 1. The van der Waals surface area contributed by atoms with Gasteiger partial charge >= 0.3 is 0 Å². The number of methoxy groups -OCH3 is 2. The summed E-state index contributed by atoms with van der Waals surface area (Å²) in [5, 5.41) is 2.99. The lowest BCUT2D eigenvalue weighted by Crippen LogP contribution is -2.41. The topological polar surface area (TPSA) is 105 Å². The molecule has 1 saturated heterocycles. The van der Waals surface area contributed by atoms with Gasteiger partial charge in [-0.2, -0.15) is 0 Å². The lowest BCUT2D eigenvalue weighted by molar-refractivity contribution is -0.120. The Labute approximate surface area is 162 Å². The minimum atomic E-state index is -0.159. The van der Waals surface area contributed by atoms with Crippen LogP contribution in [-0.4, -0.2) is 53.2 Å². The van der Waals surface area contributed by atoms with Crippen molar-refractivity contribution in [3.8, 4) is 11.5 Å². The van der Waals surface area contributed by atoms with Gasteiger partial charge in [0.15, 0.2) is 11.5 Å². The molecule has 28 heavy (non-hydrogen) atoms. The molecule has 2 N–H and O–H groups in total. The number of H-pyrrole nitrogens is 1. The minimum Gasteiger partial charge on any atom is -0.497 e. The van der Waals surface area contributed by atoms with Crippen LogP contribution in [0.4, 0.5) is 11.5 Å². The second-order valence-electron chi connectivity index (χ2n) is 6.64. The van der Waals surface area contributed by atoms with E-state index in [9.17, 15) is 4.79 Å². The highest BCUT2D eigenvalue weighted by Crippen LogP contribution is 2.31. The average molecular weight is 382 g/mol. The smallest absolute Gasteiger partial charge is 0.229 e. The van der Waals surface area contributed by atoms with Gasteiger partial charge in [0.05, 0.1) is 32.2 Å². The van der Waals surface area contributed by atoms with Crippen molar-refractivity contribution in [3.63, 3.8) is 0 Å². The van der Waals surface area contributed by atoms with Crippen molar-refractivity contribution in [2.24, 2.45) is 5.92 Å². The molecular formula is C19H22N6O3. The molecule has 0 bridgehead atoms. The maximum absolute atomic E-state index is 12.9. The van der Waals surface area contributed by atoms with Crippen LogP contribution in [0.15, 0.2) is 30.9 Å². The predicted octanol–water partition coefficient (Wildman–Crippen LogP) is 2.23. The number of rotatable bonds is 5. The van der Waals surface area contributed by atoms with Gasteiger partial charge in [-0.3, -0.25) is 4.79 Å². The van der Waals surface area contributed by atoms with Gasteiger partial charge in [-0.1, -0.05) is 0 Å². The van der Waals surface area contributed by atoms with Crippen molar-refractivity contribution < 1.29 is 14.3 Å². The predicted molar refractivity (Wildman–Crippen MR) is 105 cm³/mol. The summed E-state index contributed by atoms with van der Waals surface area (Å²) in [5.74, 6) is 1.82. The Morgan fingerprint density at radius 3 is 2.96 bits per heavy atom. The number of amides is 1. The Morgan fingerprint density at radius 2 is 2.14 bits per heavy atom. The lowest BCUT2D eigenvalue weighted by atomic mass is 9.97. The number of nitrogens with one attached hydrogen (secondary N) is 2. The van der Waals surface area contributed by atoms with Crippen molar-refractivity contribution in [1.29, 1.82) is 0 Å². The molecular weight excluding hydrogens is 360 g/mol. The molecule has 9 heteroatoms. The Morgan fingerprint density at radius 1 is 1.25 bits per heavy atom. The molecule has 1 atom stereocenters. The molecule has 3 heterocycles. The average Bonchev–Trinajstić information content (AvgIpc) is 3.23. The summed E-state index contributed by atoms with van der Waals surface area (Å²) in [6.45, 7) is 1.41. The molecule has 0 radical (unpaired) electrons. The molecule has 146 valence electrons. The van der Waals surface area contributed by atoms with E-state index in [-0.39, 0.29) is 11.8 Å². The van der Waals surface area contributed by atoms with Gasteiger partial charge in [-0.15, -0.1) is 0 Å². The highest BCUT2D eigenvalue weighted by atomic mass is 16.5. The van der Waals surface area contributed by atoms with E-state index in [1.165, 1.54) is 6.33 Å². The van der Waals surface area contributed by atoms with Crippen LogP contribution < -0.4 is 19.7 Å². The van der Waals surface area contributed by atoms with E-state index < -0.39 is 0 Å². The quantitative estimate of drug-likeness (QED) is 0.697. The van der Waals surface area contributed by atoms with Gasteiger partial charge in [-0.25, -0.2) is 15.0 Å². The first-order valence-electron chi connectivity index (χ1n) is 9.11. The molecule has 3 aromatic rings. The van der Waals surface area contributed by atoms with Crippen LogP contribution in [0.3, 0.4) is 0 Å². The molecule has 0 aliphatic carbocycles. The van der Waals surface area contributed by atoms with Crippen LogP contribution in [0, 0.1) is 5.92 Å². The van der Waals surface area contributed by atoms with E-state index in [1.54, 1.807) is 38.7 Å². The van der Waals surface area contributed by atoms with Crippen LogP contribution in [0.2, 0.25) is 0 Å². The molecule has 4 rings (SSSR count). The Balaban J connectivity index is 1.50. The molecule has 1 unspecified atom stereocenters. The summed E-state index contributed by atoms with van der Waals surface area (Å²) < 4.78 is 10.6. The number of piperidine rings is 1. The van der Waals surface area contributed by atoms with E-state index in [1.807, 2.05) is 0 Å².